The number of rotatable bonds is 5. The van der Waals surface area contributed by atoms with Gasteiger partial charge in [0.1, 0.15) is 0 Å². The van der Waals surface area contributed by atoms with Crippen LogP contribution in [0, 0.1) is 5.92 Å². The minimum Gasteiger partial charge on any atom is -0.326 e. The van der Waals surface area contributed by atoms with E-state index in [9.17, 15) is 18.0 Å². The first-order valence-electron chi connectivity index (χ1n) is 6.39. The Labute approximate surface area is 106 Å². The first-order chi connectivity index (χ1) is 8.26. The fourth-order valence-corrected chi connectivity index (χ4v) is 2.23. The second-order valence-corrected chi connectivity index (χ2v) is 5.06. The highest BCUT2D eigenvalue weighted by atomic mass is 19.4. The van der Waals surface area contributed by atoms with E-state index in [4.69, 9.17) is 0 Å². The van der Waals surface area contributed by atoms with Gasteiger partial charge in [-0.05, 0) is 18.8 Å². The van der Waals surface area contributed by atoms with Crippen molar-refractivity contribution in [3.63, 3.8) is 0 Å². The summed E-state index contributed by atoms with van der Waals surface area (Å²) in [5.41, 5.74) is 0. The summed E-state index contributed by atoms with van der Waals surface area (Å²) < 4.78 is 36.3. The summed E-state index contributed by atoms with van der Waals surface area (Å²) in [7, 11) is 0. The van der Waals surface area contributed by atoms with Crippen LogP contribution in [0.5, 0.6) is 0 Å². The summed E-state index contributed by atoms with van der Waals surface area (Å²) in [5.74, 6) is 0.0817. The van der Waals surface area contributed by atoms with Gasteiger partial charge in [0.25, 0.3) is 0 Å². The number of carbonyl (C=O) groups is 1. The fraction of sp³-hybridized carbons (Fsp3) is 0.917. The zero-order valence-electron chi connectivity index (χ0n) is 11.0. The lowest BCUT2D eigenvalue weighted by Gasteiger charge is -2.23. The minimum atomic E-state index is -4.14. The van der Waals surface area contributed by atoms with Gasteiger partial charge in [0.05, 0.1) is 12.2 Å². The van der Waals surface area contributed by atoms with Gasteiger partial charge in [0.15, 0.2) is 0 Å². The van der Waals surface area contributed by atoms with Crippen molar-refractivity contribution in [3.8, 4) is 0 Å². The lowest BCUT2D eigenvalue weighted by atomic mass is 10.1. The molecule has 1 heterocycles. The number of nitrogens with zero attached hydrogens (tertiary/aromatic N) is 1. The summed E-state index contributed by atoms with van der Waals surface area (Å²) in [6.45, 7) is 5.96. The van der Waals surface area contributed by atoms with Gasteiger partial charge in [-0.1, -0.05) is 20.8 Å². The highest BCUT2D eigenvalue weighted by Crippen LogP contribution is 2.24. The molecule has 2 atom stereocenters. The van der Waals surface area contributed by atoms with Crippen molar-refractivity contribution in [2.45, 2.75) is 58.4 Å². The van der Waals surface area contributed by atoms with Crippen molar-refractivity contribution in [2.24, 2.45) is 5.92 Å². The Balaban J connectivity index is 2.55. The second kappa shape index (κ2) is 5.91. The van der Waals surface area contributed by atoms with Gasteiger partial charge < -0.3 is 4.90 Å². The molecule has 0 spiro atoms. The molecule has 1 fully saturated rings. The maximum Gasteiger partial charge on any atom is 0.389 e. The van der Waals surface area contributed by atoms with E-state index in [1.165, 1.54) is 0 Å². The molecule has 1 amide bonds. The van der Waals surface area contributed by atoms with Crippen molar-refractivity contribution in [2.75, 3.05) is 6.54 Å². The van der Waals surface area contributed by atoms with E-state index in [1.54, 1.807) is 4.90 Å². The van der Waals surface area contributed by atoms with E-state index in [0.29, 0.717) is 6.42 Å². The van der Waals surface area contributed by atoms with Gasteiger partial charge in [0, 0.05) is 13.0 Å². The maximum atomic E-state index is 12.1. The molecule has 18 heavy (non-hydrogen) atoms. The number of alkyl halides is 3. The zero-order chi connectivity index (χ0) is 13.9. The summed E-state index contributed by atoms with van der Waals surface area (Å²) >= 11 is 0. The first-order valence-corrected chi connectivity index (χ1v) is 6.39. The number of amides is 1. The number of nitrogens with one attached hydrogen (secondary N) is 1. The minimum absolute atomic E-state index is 0.0295. The molecular weight excluding hydrogens is 245 g/mol. The van der Waals surface area contributed by atoms with Crippen LogP contribution in [0.3, 0.4) is 0 Å². The molecule has 0 saturated carbocycles. The maximum absolute atomic E-state index is 12.1. The summed E-state index contributed by atoms with van der Waals surface area (Å²) in [6, 6.07) is -0.263. The first kappa shape index (κ1) is 15.3. The van der Waals surface area contributed by atoms with Crippen molar-refractivity contribution in [1.82, 2.24) is 10.2 Å². The number of hydrogen-bond donors (Lipinski definition) is 1. The van der Waals surface area contributed by atoms with E-state index in [1.807, 2.05) is 20.8 Å². The molecule has 1 rings (SSSR count). The summed E-state index contributed by atoms with van der Waals surface area (Å²) in [5, 5.41) is 3.18. The lowest BCUT2D eigenvalue weighted by molar-refractivity contribution is -0.140. The molecule has 1 aliphatic heterocycles. The highest BCUT2D eigenvalue weighted by molar-refractivity contribution is 5.84. The average molecular weight is 266 g/mol. The van der Waals surface area contributed by atoms with Gasteiger partial charge in [-0.25, -0.2) is 0 Å². The Morgan fingerprint density at radius 1 is 1.39 bits per heavy atom. The van der Waals surface area contributed by atoms with Crippen LogP contribution < -0.4 is 5.32 Å². The molecule has 0 bridgehead atoms. The molecule has 1 N–H and O–H groups in total. The molecule has 1 saturated heterocycles. The fourth-order valence-electron chi connectivity index (χ4n) is 2.23. The molecular formula is C12H21F3N2O. The zero-order valence-corrected chi connectivity index (χ0v) is 11.0. The molecule has 0 aromatic carbocycles. The molecule has 0 aromatic rings. The van der Waals surface area contributed by atoms with E-state index >= 15 is 0 Å². The molecule has 3 nitrogen and oxygen atoms in total. The lowest BCUT2D eigenvalue weighted by Crippen LogP contribution is -2.37. The van der Waals surface area contributed by atoms with Crippen LogP contribution in [0.2, 0.25) is 0 Å². The van der Waals surface area contributed by atoms with Crippen LogP contribution in [-0.2, 0) is 4.79 Å². The van der Waals surface area contributed by atoms with Crippen LogP contribution >= 0.6 is 0 Å². The second-order valence-electron chi connectivity index (χ2n) is 5.06. The van der Waals surface area contributed by atoms with E-state index in [2.05, 4.69) is 5.32 Å². The van der Waals surface area contributed by atoms with E-state index in [-0.39, 0.29) is 37.0 Å². The van der Waals surface area contributed by atoms with Crippen LogP contribution in [0.1, 0.15) is 40.0 Å². The molecule has 0 aliphatic carbocycles. The third-order valence-electron chi connectivity index (χ3n) is 3.21. The average Bonchev–Trinajstić information content (AvgIpc) is 2.54. The molecule has 2 unspecified atom stereocenters. The monoisotopic (exact) mass is 266 g/mol. The van der Waals surface area contributed by atoms with E-state index < -0.39 is 12.6 Å². The van der Waals surface area contributed by atoms with Gasteiger partial charge in [-0.2, -0.15) is 13.2 Å². The van der Waals surface area contributed by atoms with Gasteiger partial charge in [-0.15, -0.1) is 0 Å². The molecule has 0 radical (unpaired) electrons. The Morgan fingerprint density at radius 3 is 2.44 bits per heavy atom. The van der Waals surface area contributed by atoms with Crippen molar-refractivity contribution < 1.29 is 18.0 Å². The Kier molecular flexibility index (Phi) is 5.01. The number of halogens is 3. The molecule has 106 valence electrons. The predicted octanol–water partition coefficient (Wildman–Crippen LogP) is 2.52. The van der Waals surface area contributed by atoms with Crippen LogP contribution in [0.25, 0.3) is 0 Å². The third kappa shape index (κ3) is 3.86. The third-order valence-corrected chi connectivity index (χ3v) is 3.21. The highest BCUT2D eigenvalue weighted by Gasteiger charge is 2.39. The van der Waals surface area contributed by atoms with Crippen LogP contribution in [0.15, 0.2) is 0 Å². The summed E-state index contributed by atoms with van der Waals surface area (Å²) in [4.78, 5) is 13.6. The van der Waals surface area contributed by atoms with Crippen LogP contribution in [0.4, 0.5) is 13.2 Å². The Morgan fingerprint density at radius 2 is 2.00 bits per heavy atom. The Bertz CT molecular complexity index is 292. The smallest absolute Gasteiger partial charge is 0.326 e. The quantitative estimate of drug-likeness (QED) is 0.829. The molecule has 1 aliphatic rings. The van der Waals surface area contributed by atoms with Gasteiger partial charge in [0.2, 0.25) is 5.91 Å². The topological polar surface area (TPSA) is 32.3 Å². The van der Waals surface area contributed by atoms with Crippen molar-refractivity contribution >= 4 is 5.91 Å². The normalized spacial score (nSPS) is 25.3. The van der Waals surface area contributed by atoms with Crippen LogP contribution in [-0.4, -0.2) is 35.7 Å². The standard InChI is InChI=1S/C12H21F3N2O/c1-4-9-16-10(8(2)3)11(18)17(9)7-5-6-12(13,14)15/h8-10,16H,4-7H2,1-3H3. The Hall–Kier alpha value is -0.780. The van der Waals surface area contributed by atoms with Crippen molar-refractivity contribution in [3.05, 3.63) is 0 Å². The van der Waals surface area contributed by atoms with Crippen molar-refractivity contribution in [1.29, 1.82) is 0 Å². The van der Waals surface area contributed by atoms with Gasteiger partial charge >= 0.3 is 6.18 Å². The predicted molar refractivity (Wildman–Crippen MR) is 62.8 cm³/mol. The molecule has 6 heteroatoms. The molecule has 0 aromatic heterocycles. The number of carbonyl (C=O) groups excluding carboxylic acids is 1. The SMILES string of the molecule is CCC1NC(C(C)C)C(=O)N1CCCC(F)(F)F. The number of hydrogen-bond acceptors (Lipinski definition) is 2. The van der Waals surface area contributed by atoms with Gasteiger partial charge in [-0.3, -0.25) is 10.1 Å². The summed E-state index contributed by atoms with van der Waals surface area (Å²) in [6.07, 6.45) is -4.42. The largest absolute Gasteiger partial charge is 0.389 e. The van der Waals surface area contributed by atoms with E-state index in [0.717, 1.165) is 0 Å².